The van der Waals surface area contributed by atoms with Crippen molar-refractivity contribution in [2.75, 3.05) is 19.6 Å². The van der Waals surface area contributed by atoms with E-state index in [1.165, 1.54) is 12.1 Å². The van der Waals surface area contributed by atoms with E-state index in [0.29, 0.717) is 0 Å². The highest BCUT2D eigenvalue weighted by Gasteiger charge is 2.30. The van der Waals surface area contributed by atoms with Crippen LogP contribution in [0.15, 0.2) is 23.1 Å². The van der Waals surface area contributed by atoms with Gasteiger partial charge >= 0.3 is 5.97 Å². The van der Waals surface area contributed by atoms with Gasteiger partial charge in [-0.2, -0.15) is 4.31 Å². The van der Waals surface area contributed by atoms with Crippen LogP contribution in [0.25, 0.3) is 0 Å². The van der Waals surface area contributed by atoms with Gasteiger partial charge in [-0.3, -0.25) is 4.79 Å². The average molecular weight is 319 g/mol. The SMILES string of the molecule is O=C1CN(S(=O)(=O)c2ccc(Cl)c(C(=O)O)c2)CCN1. The number of nitrogens with one attached hydrogen (secondary N) is 1. The van der Waals surface area contributed by atoms with Gasteiger partial charge in [-0.05, 0) is 18.2 Å². The number of amides is 1. The number of carbonyl (C=O) groups is 2. The normalized spacial score (nSPS) is 16.8. The van der Waals surface area contributed by atoms with Crippen LogP contribution in [0.2, 0.25) is 5.02 Å². The first-order chi connectivity index (χ1) is 9.32. The Kier molecular flexibility index (Phi) is 3.98. The second kappa shape index (κ2) is 5.39. The van der Waals surface area contributed by atoms with E-state index in [2.05, 4.69) is 5.32 Å². The molecule has 1 amide bonds. The van der Waals surface area contributed by atoms with Gasteiger partial charge in [0, 0.05) is 13.1 Å². The molecule has 1 aromatic rings. The summed E-state index contributed by atoms with van der Waals surface area (Å²) in [4.78, 5) is 22.0. The molecular weight excluding hydrogens is 308 g/mol. The zero-order valence-electron chi connectivity index (χ0n) is 10.2. The van der Waals surface area contributed by atoms with Crippen LogP contribution in [0.3, 0.4) is 0 Å². The molecule has 20 heavy (non-hydrogen) atoms. The summed E-state index contributed by atoms with van der Waals surface area (Å²) in [6.07, 6.45) is 0. The molecule has 0 radical (unpaired) electrons. The van der Waals surface area contributed by atoms with Gasteiger partial charge in [0.25, 0.3) is 0 Å². The monoisotopic (exact) mass is 318 g/mol. The molecule has 1 aromatic carbocycles. The van der Waals surface area contributed by atoms with E-state index in [4.69, 9.17) is 16.7 Å². The number of sulfonamides is 1. The lowest BCUT2D eigenvalue weighted by Crippen LogP contribution is -2.49. The quantitative estimate of drug-likeness (QED) is 0.826. The largest absolute Gasteiger partial charge is 0.478 e. The van der Waals surface area contributed by atoms with Crippen LogP contribution in [0.1, 0.15) is 10.4 Å². The fourth-order valence-corrected chi connectivity index (χ4v) is 3.42. The number of carboxylic acid groups (broad SMARTS) is 1. The number of hydrogen-bond donors (Lipinski definition) is 2. The van der Waals surface area contributed by atoms with E-state index >= 15 is 0 Å². The highest BCUT2D eigenvalue weighted by atomic mass is 35.5. The molecule has 9 heteroatoms. The van der Waals surface area contributed by atoms with Crippen LogP contribution in [0, 0.1) is 0 Å². The number of carboxylic acids is 1. The summed E-state index contributed by atoms with van der Waals surface area (Å²) in [5.41, 5.74) is -0.297. The van der Waals surface area contributed by atoms with Crippen LogP contribution in [-0.2, 0) is 14.8 Å². The van der Waals surface area contributed by atoms with Gasteiger partial charge in [-0.15, -0.1) is 0 Å². The zero-order valence-corrected chi connectivity index (χ0v) is 11.7. The molecular formula is C11H11ClN2O5S. The number of halogens is 1. The van der Waals surface area contributed by atoms with Gasteiger partial charge in [0.15, 0.2) is 0 Å². The van der Waals surface area contributed by atoms with Crippen molar-refractivity contribution in [1.82, 2.24) is 9.62 Å². The third kappa shape index (κ3) is 2.77. The maximum Gasteiger partial charge on any atom is 0.337 e. The van der Waals surface area contributed by atoms with E-state index < -0.39 is 21.9 Å². The average Bonchev–Trinajstić information content (AvgIpc) is 2.38. The molecule has 2 N–H and O–H groups in total. The maximum atomic E-state index is 12.3. The molecule has 2 rings (SSSR count). The van der Waals surface area contributed by atoms with E-state index in [9.17, 15) is 18.0 Å². The van der Waals surface area contributed by atoms with Gasteiger partial charge < -0.3 is 10.4 Å². The third-order valence-corrected chi connectivity index (χ3v) is 4.98. The Bertz CT molecular complexity index is 673. The Balaban J connectivity index is 2.41. The number of aromatic carboxylic acids is 1. The molecule has 1 heterocycles. The number of benzene rings is 1. The van der Waals surface area contributed by atoms with Gasteiger partial charge in [0.1, 0.15) is 0 Å². The second-order valence-electron chi connectivity index (χ2n) is 4.14. The molecule has 0 bridgehead atoms. The lowest BCUT2D eigenvalue weighted by Gasteiger charge is -2.26. The number of hydrogen-bond acceptors (Lipinski definition) is 4. The van der Waals surface area contributed by atoms with E-state index in [0.717, 1.165) is 10.4 Å². The lowest BCUT2D eigenvalue weighted by molar-refractivity contribution is -0.122. The molecule has 0 unspecified atom stereocenters. The minimum absolute atomic E-state index is 0.0483. The smallest absolute Gasteiger partial charge is 0.337 e. The van der Waals surface area contributed by atoms with Crippen LogP contribution in [0.5, 0.6) is 0 Å². The lowest BCUT2D eigenvalue weighted by atomic mass is 10.2. The molecule has 7 nitrogen and oxygen atoms in total. The summed E-state index contributed by atoms with van der Waals surface area (Å²) in [5, 5.41) is 11.4. The topological polar surface area (TPSA) is 104 Å². The summed E-state index contributed by atoms with van der Waals surface area (Å²) in [7, 11) is -3.92. The van der Waals surface area contributed by atoms with Crippen molar-refractivity contribution in [3.8, 4) is 0 Å². The summed E-state index contributed by atoms with van der Waals surface area (Å²) in [6, 6.07) is 3.42. The summed E-state index contributed by atoms with van der Waals surface area (Å²) >= 11 is 5.70. The minimum Gasteiger partial charge on any atom is -0.478 e. The Hall–Kier alpha value is -1.64. The van der Waals surface area contributed by atoms with Crippen molar-refractivity contribution in [3.63, 3.8) is 0 Å². The van der Waals surface area contributed by atoms with Crippen molar-refractivity contribution >= 4 is 33.5 Å². The standard InChI is InChI=1S/C11H11ClN2O5S/c12-9-2-1-7(5-8(9)11(16)17)20(18,19)14-4-3-13-10(15)6-14/h1-2,5H,3-4,6H2,(H,13,15)(H,16,17). The van der Waals surface area contributed by atoms with Crippen molar-refractivity contribution < 1.29 is 23.1 Å². The molecule has 0 spiro atoms. The van der Waals surface area contributed by atoms with Crippen LogP contribution >= 0.6 is 11.6 Å². The maximum absolute atomic E-state index is 12.3. The summed E-state index contributed by atoms with van der Waals surface area (Å²) < 4.78 is 25.7. The fraction of sp³-hybridized carbons (Fsp3) is 0.273. The van der Waals surface area contributed by atoms with Crippen LogP contribution in [-0.4, -0.2) is 49.3 Å². The molecule has 1 fully saturated rings. The molecule has 0 saturated carbocycles. The van der Waals surface area contributed by atoms with Gasteiger partial charge in [0.2, 0.25) is 15.9 Å². The van der Waals surface area contributed by atoms with E-state index in [1.54, 1.807) is 0 Å². The molecule has 1 aliphatic heterocycles. The molecule has 0 atom stereocenters. The highest BCUT2D eigenvalue weighted by molar-refractivity contribution is 7.89. The number of piperazine rings is 1. The molecule has 108 valence electrons. The second-order valence-corrected chi connectivity index (χ2v) is 6.48. The first kappa shape index (κ1) is 14.8. The predicted octanol–water partition coefficient (Wildman–Crippen LogP) is 0.159. The van der Waals surface area contributed by atoms with Crippen molar-refractivity contribution in [2.24, 2.45) is 0 Å². The third-order valence-electron chi connectivity index (χ3n) is 2.81. The first-order valence-electron chi connectivity index (χ1n) is 5.62. The van der Waals surface area contributed by atoms with Crippen LogP contribution in [0.4, 0.5) is 0 Å². The predicted molar refractivity (Wildman–Crippen MR) is 70.2 cm³/mol. The van der Waals surface area contributed by atoms with Crippen molar-refractivity contribution in [2.45, 2.75) is 4.90 Å². The molecule has 1 aliphatic rings. The Morgan fingerprint density at radius 3 is 2.70 bits per heavy atom. The van der Waals surface area contributed by atoms with Crippen LogP contribution < -0.4 is 5.32 Å². The molecule has 0 aliphatic carbocycles. The fourth-order valence-electron chi connectivity index (χ4n) is 1.80. The van der Waals surface area contributed by atoms with E-state index in [-0.39, 0.29) is 35.1 Å². The summed E-state index contributed by atoms with van der Waals surface area (Å²) in [5.74, 6) is -1.71. The number of nitrogens with zero attached hydrogens (tertiary/aromatic N) is 1. The first-order valence-corrected chi connectivity index (χ1v) is 7.44. The minimum atomic E-state index is -3.92. The Labute approximate surface area is 120 Å². The van der Waals surface area contributed by atoms with Gasteiger partial charge in [-0.1, -0.05) is 11.6 Å². The zero-order chi connectivity index (χ0) is 14.9. The summed E-state index contributed by atoms with van der Waals surface area (Å²) in [6.45, 7) is 0.0733. The van der Waals surface area contributed by atoms with Crippen molar-refractivity contribution in [3.05, 3.63) is 28.8 Å². The Morgan fingerprint density at radius 1 is 1.40 bits per heavy atom. The number of rotatable bonds is 3. The molecule has 1 saturated heterocycles. The van der Waals surface area contributed by atoms with Crippen molar-refractivity contribution in [1.29, 1.82) is 0 Å². The van der Waals surface area contributed by atoms with Gasteiger partial charge in [-0.25, -0.2) is 13.2 Å². The van der Waals surface area contributed by atoms with Gasteiger partial charge in [0.05, 0.1) is 22.0 Å². The number of carbonyl (C=O) groups excluding carboxylic acids is 1. The van der Waals surface area contributed by atoms with E-state index in [1.807, 2.05) is 0 Å². The Morgan fingerprint density at radius 2 is 2.10 bits per heavy atom. The molecule has 0 aromatic heterocycles. The highest BCUT2D eigenvalue weighted by Crippen LogP contribution is 2.23.